The van der Waals surface area contributed by atoms with Crippen LogP contribution in [0.2, 0.25) is 0 Å². The third-order valence-electron chi connectivity index (χ3n) is 6.00. The Morgan fingerprint density at radius 3 is 2.67 bits per heavy atom. The van der Waals surface area contributed by atoms with E-state index in [-0.39, 0.29) is 18.1 Å². The lowest BCUT2D eigenvalue weighted by atomic mass is 10.1. The Morgan fingerprint density at radius 2 is 1.95 bits per heavy atom. The fourth-order valence-electron chi connectivity index (χ4n) is 3.87. The van der Waals surface area contributed by atoms with E-state index in [1.54, 1.807) is 30.5 Å². The summed E-state index contributed by atoms with van der Waals surface area (Å²) in [6, 6.07) is 14.4. The first-order valence-electron chi connectivity index (χ1n) is 12.6. The Kier molecular flexibility index (Phi) is 9.70. The van der Waals surface area contributed by atoms with Crippen LogP contribution in [-0.4, -0.2) is 35.0 Å². The van der Waals surface area contributed by atoms with Gasteiger partial charge in [-0.15, -0.1) is 0 Å². The van der Waals surface area contributed by atoms with Crippen LogP contribution in [0.15, 0.2) is 73.4 Å². The fourth-order valence-corrected chi connectivity index (χ4v) is 4.81. The van der Waals surface area contributed by atoms with Crippen molar-refractivity contribution in [1.29, 1.82) is 0 Å². The summed E-state index contributed by atoms with van der Waals surface area (Å²) in [4.78, 5) is 30.5. The zero-order valence-electron chi connectivity index (χ0n) is 22.1. The number of ether oxygens (including phenoxy) is 2. The molecule has 11 heteroatoms. The first kappa shape index (κ1) is 29.4. The van der Waals surface area contributed by atoms with Crippen molar-refractivity contribution in [1.82, 2.24) is 9.66 Å². The Labute approximate surface area is 247 Å². The van der Waals surface area contributed by atoms with Gasteiger partial charge in [-0.25, -0.2) is 9.37 Å². The number of hydrogen-bond acceptors (Lipinski definition) is 6. The summed E-state index contributed by atoms with van der Waals surface area (Å²) in [5, 5.41) is 7.56. The second-order valence-electron chi connectivity index (χ2n) is 8.91. The highest BCUT2D eigenvalue weighted by molar-refractivity contribution is 9.10. The molecule has 0 bridgehead atoms. The van der Waals surface area contributed by atoms with Gasteiger partial charge in [0.25, 0.3) is 11.5 Å². The van der Waals surface area contributed by atoms with Gasteiger partial charge >= 0.3 is 0 Å². The Balaban J connectivity index is 1.63. The molecule has 0 radical (unpaired) electrons. The molecule has 0 aliphatic rings. The maximum absolute atomic E-state index is 13.4. The molecular formula is C29H27Br2FN4O4. The third-order valence-corrected chi connectivity index (χ3v) is 7.08. The maximum Gasteiger partial charge on any atom is 0.282 e. The van der Waals surface area contributed by atoms with Crippen LogP contribution in [0.25, 0.3) is 10.9 Å². The van der Waals surface area contributed by atoms with E-state index in [9.17, 15) is 14.0 Å². The normalized spacial score (nSPS) is 12.1. The highest BCUT2D eigenvalue weighted by atomic mass is 79.9. The van der Waals surface area contributed by atoms with Gasteiger partial charge in [0, 0.05) is 16.1 Å². The van der Waals surface area contributed by atoms with Crippen LogP contribution in [0, 0.1) is 5.82 Å². The number of hydrogen-bond donors (Lipinski definition) is 1. The molecule has 1 atom stereocenters. The van der Waals surface area contributed by atoms with Crippen molar-refractivity contribution in [2.75, 3.05) is 18.5 Å². The number of anilines is 1. The zero-order valence-corrected chi connectivity index (χ0v) is 25.3. The molecule has 0 aliphatic carbocycles. The van der Waals surface area contributed by atoms with Gasteiger partial charge in [0.2, 0.25) is 0 Å². The molecule has 4 aromatic rings. The van der Waals surface area contributed by atoms with Gasteiger partial charge in [-0.2, -0.15) is 9.78 Å². The highest BCUT2D eigenvalue weighted by Crippen LogP contribution is 2.36. The fraction of sp³-hybridized carbons (Fsp3) is 0.241. The molecule has 208 valence electrons. The number of aromatic nitrogens is 2. The number of nitrogens with zero attached hydrogens (tertiary/aromatic N) is 3. The molecule has 1 amide bonds. The molecule has 1 heterocycles. The molecule has 4 rings (SSSR count). The van der Waals surface area contributed by atoms with E-state index in [1.807, 2.05) is 32.9 Å². The lowest BCUT2D eigenvalue weighted by molar-refractivity contribution is -0.118. The van der Waals surface area contributed by atoms with Gasteiger partial charge < -0.3 is 14.8 Å². The topological polar surface area (TPSA) is 94.8 Å². The van der Waals surface area contributed by atoms with E-state index in [0.29, 0.717) is 50.6 Å². The second-order valence-corrected chi connectivity index (χ2v) is 10.7. The molecule has 0 saturated heterocycles. The van der Waals surface area contributed by atoms with Crippen LogP contribution >= 0.6 is 31.9 Å². The quantitative estimate of drug-likeness (QED) is 0.185. The standard InChI is InChI=1S/C29H27Br2FN4O4/c1-4-17(3)28-35-24-10-9-19(30)13-22(24)29(38)36(28)33-15-18-11-23(31)27(25(12-18)39-5-2)40-16-26(37)34-21-8-6-7-20(32)14-21/h6-15,17H,4-5,16H2,1-3H3,(H,34,37)/t17-/m0/s1. The van der Waals surface area contributed by atoms with Crippen LogP contribution in [0.3, 0.4) is 0 Å². The molecule has 0 spiro atoms. The average molecular weight is 674 g/mol. The van der Waals surface area contributed by atoms with Crippen molar-refractivity contribution < 1.29 is 18.7 Å². The van der Waals surface area contributed by atoms with Crippen LogP contribution in [0.1, 0.15) is 44.5 Å². The second kappa shape index (κ2) is 13.2. The molecule has 1 aromatic heterocycles. The molecule has 0 aliphatic heterocycles. The van der Waals surface area contributed by atoms with Gasteiger partial charge in [-0.3, -0.25) is 9.59 Å². The van der Waals surface area contributed by atoms with E-state index in [4.69, 9.17) is 14.5 Å². The predicted molar refractivity (Wildman–Crippen MR) is 161 cm³/mol. The predicted octanol–water partition coefficient (Wildman–Crippen LogP) is 6.87. The van der Waals surface area contributed by atoms with Gasteiger partial charge in [0.15, 0.2) is 18.1 Å². The van der Waals surface area contributed by atoms with Crippen LogP contribution in [0.5, 0.6) is 11.5 Å². The number of benzene rings is 3. The number of carbonyl (C=O) groups excluding carboxylic acids is 1. The number of rotatable bonds is 10. The molecule has 1 N–H and O–H groups in total. The monoisotopic (exact) mass is 672 g/mol. The van der Waals surface area contributed by atoms with Gasteiger partial charge in [-0.05, 0) is 83.4 Å². The third kappa shape index (κ3) is 6.95. The number of fused-ring (bicyclic) bond motifs is 1. The summed E-state index contributed by atoms with van der Waals surface area (Å²) < 4.78 is 27.6. The van der Waals surface area contributed by atoms with Crippen LogP contribution in [0.4, 0.5) is 10.1 Å². The molecule has 0 unspecified atom stereocenters. The smallest absolute Gasteiger partial charge is 0.282 e. The molecule has 3 aromatic carbocycles. The van der Waals surface area contributed by atoms with E-state index in [0.717, 1.165) is 10.9 Å². The number of halogens is 3. The van der Waals surface area contributed by atoms with Crippen molar-refractivity contribution in [2.45, 2.75) is 33.1 Å². The SMILES string of the molecule is CCOc1cc(C=Nn2c([C@@H](C)CC)nc3ccc(Br)cc3c2=O)cc(Br)c1OCC(=O)Nc1cccc(F)c1. The Bertz CT molecular complexity index is 1640. The molecular weight excluding hydrogens is 647 g/mol. The van der Waals surface area contributed by atoms with E-state index in [1.165, 1.54) is 22.9 Å². The maximum atomic E-state index is 13.4. The first-order valence-corrected chi connectivity index (χ1v) is 14.2. The van der Waals surface area contributed by atoms with E-state index < -0.39 is 11.7 Å². The largest absolute Gasteiger partial charge is 0.490 e. The molecule has 0 saturated carbocycles. The van der Waals surface area contributed by atoms with E-state index >= 15 is 0 Å². The van der Waals surface area contributed by atoms with Crippen LogP contribution in [-0.2, 0) is 4.79 Å². The molecule has 0 fully saturated rings. The molecule has 40 heavy (non-hydrogen) atoms. The van der Waals surface area contributed by atoms with Gasteiger partial charge in [0.1, 0.15) is 11.6 Å². The summed E-state index contributed by atoms with van der Waals surface area (Å²) >= 11 is 6.91. The average Bonchev–Trinajstić information content (AvgIpc) is 2.92. The van der Waals surface area contributed by atoms with Gasteiger partial charge in [0.05, 0.1) is 28.2 Å². The van der Waals surface area contributed by atoms with Crippen molar-refractivity contribution in [3.63, 3.8) is 0 Å². The summed E-state index contributed by atoms with van der Waals surface area (Å²) in [6.07, 6.45) is 2.33. The summed E-state index contributed by atoms with van der Waals surface area (Å²) in [7, 11) is 0. The summed E-state index contributed by atoms with van der Waals surface area (Å²) in [5.74, 6) is 0.348. The number of amides is 1. The minimum atomic E-state index is -0.460. The number of carbonyl (C=O) groups is 1. The number of nitrogens with one attached hydrogen (secondary N) is 1. The van der Waals surface area contributed by atoms with Crippen molar-refractivity contribution in [3.05, 3.63) is 91.1 Å². The van der Waals surface area contributed by atoms with Crippen molar-refractivity contribution >= 4 is 60.6 Å². The Hall–Kier alpha value is -3.57. The minimum absolute atomic E-state index is 0.00193. The lowest BCUT2D eigenvalue weighted by Crippen LogP contribution is -2.23. The summed E-state index contributed by atoms with van der Waals surface area (Å²) in [6.45, 7) is 5.87. The van der Waals surface area contributed by atoms with Crippen LogP contribution < -0.4 is 20.3 Å². The zero-order chi connectivity index (χ0) is 28.8. The van der Waals surface area contributed by atoms with Crippen molar-refractivity contribution in [2.24, 2.45) is 5.10 Å². The Morgan fingerprint density at radius 1 is 1.15 bits per heavy atom. The lowest BCUT2D eigenvalue weighted by Gasteiger charge is -2.15. The molecule has 8 nitrogen and oxygen atoms in total. The van der Waals surface area contributed by atoms with E-state index in [2.05, 4.69) is 42.3 Å². The van der Waals surface area contributed by atoms with Gasteiger partial charge in [-0.1, -0.05) is 35.8 Å². The highest BCUT2D eigenvalue weighted by Gasteiger charge is 2.17. The minimum Gasteiger partial charge on any atom is -0.490 e. The van der Waals surface area contributed by atoms with Crippen molar-refractivity contribution in [3.8, 4) is 11.5 Å². The summed E-state index contributed by atoms with van der Waals surface area (Å²) in [5.41, 5.74) is 1.29. The first-order chi connectivity index (χ1) is 19.2.